The molecule has 0 aliphatic carbocycles. The number of aromatic nitrogens is 1. The average Bonchev–Trinajstić information content (AvgIpc) is 3.46. The fourth-order valence-corrected chi connectivity index (χ4v) is 4.06. The number of alkyl carbamates (subject to hydrolysis) is 1. The van der Waals surface area contributed by atoms with Crippen LogP contribution in [0.2, 0.25) is 10.0 Å². The van der Waals surface area contributed by atoms with Crippen LogP contribution in [0.5, 0.6) is 0 Å². The van der Waals surface area contributed by atoms with Crippen LogP contribution in [0.1, 0.15) is 22.7 Å². The molecule has 5 N–H and O–H groups in total. The highest BCUT2D eigenvalue weighted by atomic mass is 35.5. The quantitative estimate of drug-likeness (QED) is 0.125. The van der Waals surface area contributed by atoms with E-state index in [1.807, 2.05) is 0 Å². The fourth-order valence-electron chi connectivity index (χ4n) is 3.68. The number of nitrogens with zero attached hydrogens (tertiary/aromatic N) is 1. The van der Waals surface area contributed by atoms with E-state index >= 15 is 0 Å². The van der Waals surface area contributed by atoms with Gasteiger partial charge in [-0.15, -0.1) is 0 Å². The Labute approximate surface area is 261 Å². The van der Waals surface area contributed by atoms with E-state index in [2.05, 4.69) is 20.9 Å². The van der Waals surface area contributed by atoms with E-state index in [4.69, 9.17) is 46.9 Å². The van der Waals surface area contributed by atoms with Gasteiger partial charge in [-0.25, -0.2) is 19.4 Å². The van der Waals surface area contributed by atoms with Crippen molar-refractivity contribution in [1.82, 2.24) is 15.6 Å². The van der Waals surface area contributed by atoms with Gasteiger partial charge in [0.25, 0.3) is 0 Å². The van der Waals surface area contributed by atoms with E-state index in [1.54, 1.807) is 24.3 Å². The summed E-state index contributed by atoms with van der Waals surface area (Å²) in [5, 5.41) is 27.0. The molecule has 2 amide bonds. The molecule has 1 heterocycles. The van der Waals surface area contributed by atoms with Crippen molar-refractivity contribution in [1.29, 1.82) is 0 Å². The number of hydrogen-bond acceptors (Lipinski definition) is 10. The maximum Gasteiger partial charge on any atom is 0.407 e. The number of carbonyl (C=O) groups is 4. The first kappa shape index (κ1) is 34.3. The zero-order chi connectivity index (χ0) is 31.9. The average molecular weight is 653 g/mol. The van der Waals surface area contributed by atoms with Crippen LogP contribution in [0.15, 0.2) is 53.1 Å². The van der Waals surface area contributed by atoms with Crippen molar-refractivity contribution < 1.29 is 48.0 Å². The summed E-state index contributed by atoms with van der Waals surface area (Å²) in [4.78, 5) is 51.5. The Morgan fingerprint density at radius 1 is 0.977 bits per heavy atom. The number of halogens is 2. The molecule has 1 atom stereocenters. The van der Waals surface area contributed by atoms with Crippen LogP contribution in [-0.2, 0) is 30.3 Å². The second kappa shape index (κ2) is 17.8. The first-order valence-corrected chi connectivity index (χ1v) is 13.9. The number of benzene rings is 2. The molecule has 2 aromatic carbocycles. The molecular formula is C28H30Cl2N4O10. The molecule has 14 nitrogen and oxygen atoms in total. The maximum atomic E-state index is 13.2. The van der Waals surface area contributed by atoms with E-state index in [9.17, 15) is 24.3 Å². The highest BCUT2D eigenvalue weighted by Crippen LogP contribution is 2.31. The van der Waals surface area contributed by atoms with Gasteiger partial charge in [-0.1, -0.05) is 35.3 Å². The Balaban J connectivity index is 1.55. The van der Waals surface area contributed by atoms with Crippen molar-refractivity contribution >= 4 is 52.8 Å². The minimum Gasteiger partial charge on any atom is -0.480 e. The number of oxazole rings is 1. The fraction of sp³-hybridized carbons (Fsp3) is 0.321. The lowest BCUT2D eigenvalue weighted by Crippen LogP contribution is -2.43. The molecule has 0 fully saturated rings. The van der Waals surface area contributed by atoms with Crippen molar-refractivity contribution in [2.45, 2.75) is 19.0 Å². The molecule has 0 aliphatic rings. The number of aliphatic carboxylic acids is 1. The Morgan fingerprint density at radius 3 is 2.50 bits per heavy atom. The predicted molar refractivity (Wildman–Crippen MR) is 158 cm³/mol. The number of carbonyl (C=O) groups excluding carboxylic acids is 2. The van der Waals surface area contributed by atoms with Crippen LogP contribution in [-0.4, -0.2) is 84.8 Å². The summed E-state index contributed by atoms with van der Waals surface area (Å²) in [6.45, 7) is -0.198. The molecule has 0 spiro atoms. The monoisotopic (exact) mass is 652 g/mol. The van der Waals surface area contributed by atoms with Crippen LogP contribution in [0.25, 0.3) is 11.3 Å². The second-order valence-electron chi connectivity index (χ2n) is 8.93. The minimum atomic E-state index is -1.21. The van der Waals surface area contributed by atoms with Gasteiger partial charge in [0.2, 0.25) is 11.8 Å². The molecule has 0 aliphatic heterocycles. The van der Waals surface area contributed by atoms with Crippen LogP contribution in [0, 0.1) is 0 Å². The van der Waals surface area contributed by atoms with Gasteiger partial charge < -0.3 is 39.5 Å². The first-order chi connectivity index (χ1) is 21.1. The maximum absolute atomic E-state index is 13.2. The number of rotatable bonds is 18. The molecule has 44 heavy (non-hydrogen) atoms. The molecule has 1 unspecified atom stereocenters. The van der Waals surface area contributed by atoms with Crippen LogP contribution < -0.4 is 16.0 Å². The van der Waals surface area contributed by atoms with E-state index < -0.39 is 36.6 Å². The number of carboxylic acids is 2. The number of para-hydroxylation sites is 1. The number of hydrogen-bond donors (Lipinski definition) is 5. The van der Waals surface area contributed by atoms with Gasteiger partial charge in [-0.05, 0) is 36.8 Å². The van der Waals surface area contributed by atoms with Crippen molar-refractivity contribution in [3.05, 3.63) is 70.2 Å². The molecule has 0 saturated carbocycles. The Morgan fingerprint density at radius 2 is 1.73 bits per heavy atom. The smallest absolute Gasteiger partial charge is 0.407 e. The Kier molecular flexibility index (Phi) is 13.9. The van der Waals surface area contributed by atoms with Gasteiger partial charge in [0.15, 0.2) is 5.76 Å². The highest BCUT2D eigenvalue weighted by Gasteiger charge is 2.22. The lowest BCUT2D eigenvalue weighted by atomic mass is 10.1. The number of carboxylic acid groups (broad SMARTS) is 2. The van der Waals surface area contributed by atoms with Gasteiger partial charge >= 0.3 is 18.0 Å². The summed E-state index contributed by atoms with van der Waals surface area (Å²) in [5.41, 5.74) is 0.552. The van der Waals surface area contributed by atoms with Crippen molar-refractivity contribution in [2.75, 3.05) is 44.9 Å². The molecular weight excluding hydrogens is 623 g/mol. The molecule has 1 aromatic heterocycles. The summed E-state index contributed by atoms with van der Waals surface area (Å²) >= 11 is 12.3. The lowest BCUT2D eigenvalue weighted by molar-refractivity contribution is -0.142. The third-order valence-corrected chi connectivity index (χ3v) is 6.30. The predicted octanol–water partition coefficient (Wildman–Crippen LogP) is 3.68. The topological polar surface area (TPSA) is 199 Å². The van der Waals surface area contributed by atoms with E-state index in [0.717, 1.165) is 0 Å². The van der Waals surface area contributed by atoms with E-state index in [0.29, 0.717) is 21.4 Å². The number of anilines is 1. The standard InChI is InChI=1S/C28H30Cl2N4O10/c29-17-5-6-20(30)19(13-17)23-14-33-24(44-23)15-32-22(26(37)34-21-4-2-1-3-18(21)27(38)39)7-8-31-28(40)43-12-11-41-9-10-42-16-25(35)36/h1-6,13-14,22,32H,7-12,15-16H2,(H,31,40)(H,34,37)(H,35,36)(H,38,39). The van der Waals surface area contributed by atoms with E-state index in [-0.39, 0.29) is 63.1 Å². The highest BCUT2D eigenvalue weighted by molar-refractivity contribution is 6.35. The summed E-state index contributed by atoms with van der Waals surface area (Å²) in [5.74, 6) is -2.25. The van der Waals surface area contributed by atoms with Crippen molar-refractivity contribution in [3.8, 4) is 11.3 Å². The Bertz CT molecular complexity index is 1430. The molecule has 16 heteroatoms. The minimum absolute atomic E-state index is 0.00874. The molecule has 3 rings (SSSR count). The third-order valence-electron chi connectivity index (χ3n) is 5.74. The molecule has 0 radical (unpaired) electrons. The summed E-state index contributed by atoms with van der Waals surface area (Å²) < 4.78 is 20.8. The molecule has 0 saturated heterocycles. The summed E-state index contributed by atoms with van der Waals surface area (Å²) in [7, 11) is 0. The number of ether oxygens (including phenoxy) is 3. The summed E-state index contributed by atoms with van der Waals surface area (Å²) in [6, 6.07) is 9.92. The van der Waals surface area contributed by atoms with Gasteiger partial charge in [-0.3, -0.25) is 10.1 Å². The molecule has 3 aromatic rings. The van der Waals surface area contributed by atoms with Crippen molar-refractivity contribution in [3.63, 3.8) is 0 Å². The zero-order valence-corrected chi connectivity index (χ0v) is 24.7. The van der Waals surface area contributed by atoms with Crippen molar-refractivity contribution in [2.24, 2.45) is 0 Å². The molecule has 0 bridgehead atoms. The number of nitrogens with one attached hydrogen (secondary N) is 3. The normalized spacial score (nSPS) is 11.5. The summed E-state index contributed by atoms with van der Waals surface area (Å²) in [6.07, 6.45) is 0.806. The van der Waals surface area contributed by atoms with E-state index in [1.165, 1.54) is 24.4 Å². The number of amides is 2. The van der Waals surface area contributed by atoms with Gasteiger partial charge in [0, 0.05) is 17.1 Å². The number of aromatic carboxylic acids is 1. The van der Waals surface area contributed by atoms with Gasteiger partial charge in [-0.2, -0.15) is 0 Å². The molecule has 236 valence electrons. The zero-order valence-electron chi connectivity index (χ0n) is 23.2. The largest absolute Gasteiger partial charge is 0.480 e. The third kappa shape index (κ3) is 11.5. The van der Waals surface area contributed by atoms with Crippen LogP contribution in [0.3, 0.4) is 0 Å². The SMILES string of the molecule is O=C(O)COCCOCCOC(=O)NCCC(NCc1ncc(-c2cc(Cl)ccc2Cl)o1)C(=O)Nc1ccccc1C(=O)O. The van der Waals surface area contributed by atoms with Gasteiger partial charge in [0.1, 0.15) is 13.2 Å². The van der Waals surface area contributed by atoms with Crippen LogP contribution in [0.4, 0.5) is 10.5 Å². The lowest BCUT2D eigenvalue weighted by Gasteiger charge is -2.19. The van der Waals surface area contributed by atoms with Gasteiger partial charge in [0.05, 0.1) is 54.9 Å². The first-order valence-electron chi connectivity index (χ1n) is 13.2. The van der Waals surface area contributed by atoms with Crippen LogP contribution >= 0.6 is 23.2 Å². The Hall–Kier alpha value is -4.21. The second-order valence-corrected chi connectivity index (χ2v) is 9.77.